The summed E-state index contributed by atoms with van der Waals surface area (Å²) in [5, 5.41) is 26.7. The number of rotatable bonds is 6. The van der Waals surface area contributed by atoms with Crippen LogP contribution in [0.2, 0.25) is 0 Å². The van der Waals surface area contributed by atoms with Crippen molar-refractivity contribution in [2.24, 2.45) is 5.92 Å². The number of amides is 1. The Morgan fingerprint density at radius 1 is 1.40 bits per heavy atom. The quantitative estimate of drug-likeness (QED) is 0.828. The number of carbonyl (C=O) groups is 1. The molecule has 8 heteroatoms. The smallest absolute Gasteiger partial charge is 0.240 e. The van der Waals surface area contributed by atoms with Crippen LogP contribution < -0.4 is 10.6 Å². The number of anilines is 1. The summed E-state index contributed by atoms with van der Waals surface area (Å²) in [6, 6.07) is 7.87. The minimum atomic E-state index is -0.888. The van der Waals surface area contributed by atoms with Crippen molar-refractivity contribution < 1.29 is 4.79 Å². The number of tetrazole rings is 1. The molecule has 0 saturated heterocycles. The van der Waals surface area contributed by atoms with Crippen molar-refractivity contribution in [3.8, 4) is 11.8 Å². The molecule has 1 aromatic heterocycles. The van der Waals surface area contributed by atoms with Crippen molar-refractivity contribution in [2.45, 2.75) is 40.2 Å². The van der Waals surface area contributed by atoms with Crippen LogP contribution in [-0.2, 0) is 4.79 Å². The lowest BCUT2D eigenvalue weighted by Gasteiger charge is -2.27. The molecular formula is C17H23N7O. The zero-order valence-electron chi connectivity index (χ0n) is 15.2. The van der Waals surface area contributed by atoms with Crippen molar-refractivity contribution in [1.82, 2.24) is 25.5 Å². The zero-order valence-corrected chi connectivity index (χ0v) is 15.2. The Morgan fingerprint density at radius 2 is 2.12 bits per heavy atom. The summed E-state index contributed by atoms with van der Waals surface area (Å²) in [7, 11) is 0. The van der Waals surface area contributed by atoms with Gasteiger partial charge in [0.05, 0.1) is 18.3 Å². The summed E-state index contributed by atoms with van der Waals surface area (Å²) in [6.45, 7) is 9.38. The molecule has 0 aliphatic rings. The first kappa shape index (κ1) is 18.4. The van der Waals surface area contributed by atoms with Crippen LogP contribution in [0.25, 0.3) is 5.69 Å². The normalized spacial score (nSPS) is 13.2. The van der Waals surface area contributed by atoms with Crippen molar-refractivity contribution in [3.63, 3.8) is 0 Å². The van der Waals surface area contributed by atoms with Crippen LogP contribution in [0.15, 0.2) is 18.2 Å². The molecule has 2 N–H and O–H groups in total. The molecule has 1 aromatic carbocycles. The second-order valence-electron chi connectivity index (χ2n) is 6.51. The summed E-state index contributed by atoms with van der Waals surface area (Å²) in [6.07, 6.45) is 0. The lowest BCUT2D eigenvalue weighted by atomic mass is 9.90. The molecule has 0 spiro atoms. The largest absolute Gasteiger partial charge is 0.376 e. The monoisotopic (exact) mass is 341 g/mol. The van der Waals surface area contributed by atoms with E-state index in [4.69, 9.17) is 0 Å². The summed E-state index contributed by atoms with van der Waals surface area (Å²) in [5.74, 6) is 0.452. The Labute approximate surface area is 147 Å². The van der Waals surface area contributed by atoms with E-state index in [9.17, 15) is 10.1 Å². The van der Waals surface area contributed by atoms with Crippen molar-refractivity contribution >= 4 is 11.6 Å². The number of nitrogens with zero attached hydrogens (tertiary/aromatic N) is 5. The highest BCUT2D eigenvalue weighted by Gasteiger charge is 2.29. The highest BCUT2D eigenvalue weighted by molar-refractivity contribution is 5.82. The lowest BCUT2D eigenvalue weighted by Crippen LogP contribution is -2.50. The van der Waals surface area contributed by atoms with Gasteiger partial charge in [-0.25, -0.2) is 0 Å². The number of nitriles is 1. The molecule has 2 aromatic rings. The van der Waals surface area contributed by atoms with E-state index in [1.165, 1.54) is 0 Å². The molecule has 0 aliphatic heterocycles. The molecule has 0 unspecified atom stereocenters. The topological polar surface area (TPSA) is 109 Å². The van der Waals surface area contributed by atoms with Crippen molar-refractivity contribution in [3.05, 3.63) is 29.6 Å². The van der Waals surface area contributed by atoms with E-state index in [0.717, 1.165) is 16.9 Å². The fraction of sp³-hybridized carbons (Fsp3) is 0.471. The van der Waals surface area contributed by atoms with Crippen molar-refractivity contribution in [2.75, 3.05) is 11.9 Å². The van der Waals surface area contributed by atoms with E-state index in [1.54, 1.807) is 11.6 Å². The van der Waals surface area contributed by atoms with Gasteiger partial charge < -0.3 is 10.6 Å². The Kier molecular flexibility index (Phi) is 5.37. The average Bonchev–Trinajstić information content (AvgIpc) is 2.99. The molecule has 132 valence electrons. The molecule has 0 bridgehead atoms. The Bertz CT molecular complexity index is 806. The molecule has 1 atom stereocenters. The molecule has 0 radical (unpaired) electrons. The summed E-state index contributed by atoms with van der Waals surface area (Å²) < 4.78 is 1.64. The van der Waals surface area contributed by atoms with Gasteiger partial charge in [0.2, 0.25) is 5.91 Å². The van der Waals surface area contributed by atoms with E-state index in [1.807, 2.05) is 45.9 Å². The molecule has 1 heterocycles. The summed E-state index contributed by atoms with van der Waals surface area (Å²) in [5.41, 5.74) is 1.74. The number of aromatic nitrogens is 4. The number of carbonyl (C=O) groups excluding carboxylic acids is 1. The van der Waals surface area contributed by atoms with Crippen LogP contribution in [0, 0.1) is 31.1 Å². The molecule has 0 aliphatic carbocycles. The van der Waals surface area contributed by atoms with Crippen LogP contribution in [0.5, 0.6) is 0 Å². The minimum absolute atomic E-state index is 0.00946. The number of aryl methyl sites for hydroxylation is 2. The van der Waals surface area contributed by atoms with Gasteiger partial charge in [-0.15, -0.1) is 5.10 Å². The maximum atomic E-state index is 12.2. The second-order valence-corrected chi connectivity index (χ2v) is 6.51. The number of benzene rings is 1. The molecule has 8 nitrogen and oxygen atoms in total. The van der Waals surface area contributed by atoms with Gasteiger partial charge in [0.1, 0.15) is 5.54 Å². The predicted octanol–water partition coefficient (Wildman–Crippen LogP) is 1.75. The third-order valence-electron chi connectivity index (χ3n) is 4.30. The molecular weight excluding hydrogens is 318 g/mol. The maximum Gasteiger partial charge on any atom is 0.240 e. The SMILES string of the molecule is Cc1ccc(NCC(=O)N[C@](C)(C#N)C(C)C)cc1-n1nnnc1C. The van der Waals surface area contributed by atoms with Gasteiger partial charge in [-0.3, -0.25) is 4.79 Å². The predicted molar refractivity (Wildman–Crippen MR) is 94.1 cm³/mol. The summed E-state index contributed by atoms with van der Waals surface area (Å²) >= 11 is 0. The van der Waals surface area contributed by atoms with E-state index < -0.39 is 5.54 Å². The van der Waals surface area contributed by atoms with E-state index >= 15 is 0 Å². The standard InChI is InChI=1S/C17H23N7O/c1-11(2)17(5,10-18)20-16(25)9-19-14-7-6-12(3)15(8-14)24-13(4)21-22-23-24/h6-8,11,19H,9H2,1-5H3,(H,20,25)/t17-/m1/s1. The van der Waals surface area contributed by atoms with E-state index in [2.05, 4.69) is 32.2 Å². The van der Waals surface area contributed by atoms with Gasteiger partial charge in [-0.1, -0.05) is 19.9 Å². The van der Waals surface area contributed by atoms with Crippen LogP contribution in [0.4, 0.5) is 5.69 Å². The number of nitrogens with one attached hydrogen (secondary N) is 2. The number of hydrogen-bond donors (Lipinski definition) is 2. The first-order valence-corrected chi connectivity index (χ1v) is 8.09. The van der Waals surface area contributed by atoms with Gasteiger partial charge in [0.25, 0.3) is 0 Å². The fourth-order valence-corrected chi connectivity index (χ4v) is 2.22. The average molecular weight is 341 g/mol. The Balaban J connectivity index is 2.08. The van der Waals surface area contributed by atoms with Gasteiger partial charge in [-0.2, -0.15) is 9.94 Å². The fourth-order valence-electron chi connectivity index (χ4n) is 2.22. The van der Waals surface area contributed by atoms with E-state index in [0.29, 0.717) is 5.82 Å². The second kappa shape index (κ2) is 7.30. The van der Waals surface area contributed by atoms with Crippen LogP contribution >= 0.6 is 0 Å². The Hall–Kier alpha value is -2.95. The third kappa shape index (κ3) is 4.12. The van der Waals surface area contributed by atoms with Gasteiger partial charge >= 0.3 is 0 Å². The lowest BCUT2D eigenvalue weighted by molar-refractivity contribution is -0.121. The van der Waals surface area contributed by atoms with Gasteiger partial charge in [0.15, 0.2) is 5.82 Å². The third-order valence-corrected chi connectivity index (χ3v) is 4.30. The van der Waals surface area contributed by atoms with E-state index in [-0.39, 0.29) is 18.4 Å². The molecule has 2 rings (SSSR count). The van der Waals surface area contributed by atoms with Crippen LogP contribution in [0.3, 0.4) is 0 Å². The zero-order chi connectivity index (χ0) is 18.6. The molecule has 1 amide bonds. The van der Waals surface area contributed by atoms with Crippen LogP contribution in [-0.4, -0.2) is 38.2 Å². The number of hydrogen-bond acceptors (Lipinski definition) is 6. The highest BCUT2D eigenvalue weighted by Crippen LogP contribution is 2.19. The first-order chi connectivity index (χ1) is 11.8. The first-order valence-electron chi connectivity index (χ1n) is 8.09. The molecule has 25 heavy (non-hydrogen) atoms. The van der Waals surface area contributed by atoms with Crippen LogP contribution in [0.1, 0.15) is 32.2 Å². The Morgan fingerprint density at radius 3 is 2.68 bits per heavy atom. The molecule has 0 fully saturated rings. The minimum Gasteiger partial charge on any atom is -0.376 e. The highest BCUT2D eigenvalue weighted by atomic mass is 16.2. The maximum absolute atomic E-state index is 12.2. The summed E-state index contributed by atoms with van der Waals surface area (Å²) in [4.78, 5) is 12.2. The van der Waals surface area contributed by atoms with Gasteiger partial charge in [-0.05, 0) is 54.8 Å². The molecule has 0 saturated carbocycles. The van der Waals surface area contributed by atoms with Crippen molar-refractivity contribution in [1.29, 1.82) is 5.26 Å². The van der Waals surface area contributed by atoms with Gasteiger partial charge in [0, 0.05) is 5.69 Å².